The van der Waals surface area contributed by atoms with Gasteiger partial charge in [-0.15, -0.1) is 46.2 Å². The predicted octanol–water partition coefficient (Wildman–Crippen LogP) is 11.8. The molecule has 0 amide bonds. The summed E-state index contributed by atoms with van der Waals surface area (Å²) in [5.74, 6) is 2.53. The summed E-state index contributed by atoms with van der Waals surface area (Å²) in [6.07, 6.45) is 25.4. The Morgan fingerprint density at radius 3 is 1.13 bits per heavy atom. The Kier molecular flexibility index (Phi) is 21.1. The molecular weight excluding hydrogens is 461 g/mol. The second-order valence-electron chi connectivity index (χ2n) is 8.38. The highest BCUT2D eigenvalue weighted by molar-refractivity contribution is 8.05. The minimum atomic E-state index is 1.11. The van der Waals surface area contributed by atoms with E-state index < -0.39 is 0 Å². The molecule has 0 aromatic carbocycles. The van der Waals surface area contributed by atoms with Crippen molar-refractivity contribution >= 4 is 58.4 Å². The van der Waals surface area contributed by atoms with E-state index in [9.17, 15) is 0 Å². The summed E-state index contributed by atoms with van der Waals surface area (Å²) in [4.78, 5) is 0. The second-order valence-corrected chi connectivity index (χ2v) is 14.3. The molecule has 1 heterocycles. The lowest BCUT2D eigenvalue weighted by Crippen LogP contribution is -1.84. The molecule has 0 nitrogen and oxygen atoms in total. The van der Waals surface area contributed by atoms with Crippen molar-refractivity contribution in [2.75, 3.05) is 11.5 Å². The molecule has 0 fully saturated rings. The van der Waals surface area contributed by atoms with Crippen LogP contribution in [-0.2, 0) is 0 Å². The van der Waals surface area contributed by atoms with E-state index in [1.807, 2.05) is 22.7 Å². The lowest BCUT2D eigenvalue weighted by molar-refractivity contribution is 0.573. The van der Waals surface area contributed by atoms with Gasteiger partial charge in [0.25, 0.3) is 0 Å². The summed E-state index contributed by atoms with van der Waals surface area (Å²) >= 11 is 13.3. The Morgan fingerprint density at radius 1 is 0.500 bits per heavy atom. The third-order valence-corrected chi connectivity index (χ3v) is 11.2. The standard InChI is InChI=1S/C25H46S5/c1-3-5-7-9-11-13-15-17-19-21-27-23-24(30-25(26)29-23)28-22-20-18-16-14-12-10-8-6-4-2/h3-22H2,1-2H3. The fourth-order valence-corrected chi connectivity index (χ4v) is 9.84. The first-order valence-corrected chi connectivity index (χ1v) is 16.7. The maximum Gasteiger partial charge on any atom is 0.145 e. The van der Waals surface area contributed by atoms with Crippen LogP contribution in [0.5, 0.6) is 0 Å². The Bertz CT molecular complexity index is 489. The van der Waals surface area contributed by atoms with Crippen molar-refractivity contribution in [2.45, 2.75) is 138 Å². The molecule has 0 atom stereocenters. The van der Waals surface area contributed by atoms with Crippen molar-refractivity contribution in [2.24, 2.45) is 0 Å². The highest BCUT2D eigenvalue weighted by Gasteiger charge is 2.08. The van der Waals surface area contributed by atoms with Crippen molar-refractivity contribution in [1.82, 2.24) is 0 Å². The molecule has 0 saturated carbocycles. The van der Waals surface area contributed by atoms with Crippen LogP contribution in [0.4, 0.5) is 0 Å². The zero-order valence-electron chi connectivity index (χ0n) is 19.7. The van der Waals surface area contributed by atoms with E-state index in [1.165, 1.54) is 135 Å². The van der Waals surface area contributed by atoms with Crippen LogP contribution in [0.2, 0.25) is 0 Å². The fourth-order valence-electron chi connectivity index (χ4n) is 3.59. The lowest BCUT2D eigenvalue weighted by atomic mass is 10.1. The number of unbranched alkanes of at least 4 members (excludes halogenated alkanes) is 16. The van der Waals surface area contributed by atoms with Crippen LogP contribution >= 0.6 is 58.4 Å². The Balaban J connectivity index is 2.03. The predicted molar refractivity (Wildman–Crippen MR) is 149 cm³/mol. The number of hydrogen-bond donors (Lipinski definition) is 0. The quantitative estimate of drug-likeness (QED) is 0.0871. The Hall–Kier alpha value is 0.970. The molecule has 0 aliphatic heterocycles. The molecule has 5 heteroatoms. The Labute approximate surface area is 209 Å². The van der Waals surface area contributed by atoms with Gasteiger partial charge in [0.05, 0.1) is 8.42 Å². The maximum absolute atomic E-state index is 5.49. The zero-order chi connectivity index (χ0) is 21.7. The van der Waals surface area contributed by atoms with Crippen LogP contribution < -0.4 is 0 Å². The molecule has 176 valence electrons. The third-order valence-electron chi connectivity index (χ3n) is 5.48. The maximum atomic E-state index is 5.49. The topological polar surface area (TPSA) is 0 Å². The van der Waals surface area contributed by atoms with Crippen LogP contribution in [-0.4, -0.2) is 11.5 Å². The largest absolute Gasteiger partial charge is 0.145 e. The van der Waals surface area contributed by atoms with Crippen LogP contribution in [0.15, 0.2) is 8.42 Å². The third kappa shape index (κ3) is 16.6. The second kappa shape index (κ2) is 21.8. The van der Waals surface area contributed by atoms with Gasteiger partial charge in [0, 0.05) is 0 Å². The van der Waals surface area contributed by atoms with Crippen LogP contribution in [0, 0.1) is 3.14 Å². The van der Waals surface area contributed by atoms with Crippen LogP contribution in [0.1, 0.15) is 129 Å². The van der Waals surface area contributed by atoms with Crippen LogP contribution in [0.25, 0.3) is 0 Å². The molecule has 0 aliphatic rings. The van der Waals surface area contributed by atoms with E-state index >= 15 is 0 Å². The van der Waals surface area contributed by atoms with Gasteiger partial charge in [-0.1, -0.05) is 129 Å². The van der Waals surface area contributed by atoms with Gasteiger partial charge in [-0.25, -0.2) is 0 Å². The van der Waals surface area contributed by atoms with E-state index in [-0.39, 0.29) is 0 Å². The van der Waals surface area contributed by atoms with Crippen molar-refractivity contribution < 1.29 is 0 Å². The molecule has 1 aromatic heterocycles. The highest BCUT2D eigenvalue weighted by Crippen LogP contribution is 2.41. The van der Waals surface area contributed by atoms with Gasteiger partial charge in [0.15, 0.2) is 0 Å². The van der Waals surface area contributed by atoms with Gasteiger partial charge in [-0.05, 0) is 24.3 Å². The van der Waals surface area contributed by atoms with Gasteiger partial charge in [-0.2, -0.15) is 0 Å². The molecule has 0 aliphatic carbocycles. The zero-order valence-corrected chi connectivity index (χ0v) is 23.8. The van der Waals surface area contributed by atoms with Gasteiger partial charge in [0.1, 0.15) is 3.14 Å². The summed E-state index contributed by atoms with van der Waals surface area (Å²) in [7, 11) is 0. The van der Waals surface area contributed by atoms with Crippen molar-refractivity contribution in [3.05, 3.63) is 3.14 Å². The van der Waals surface area contributed by atoms with Gasteiger partial charge in [0.2, 0.25) is 0 Å². The molecule has 0 unspecified atom stereocenters. The van der Waals surface area contributed by atoms with Crippen molar-refractivity contribution in [3.8, 4) is 0 Å². The summed E-state index contributed by atoms with van der Waals surface area (Å²) in [5.41, 5.74) is 0. The minimum absolute atomic E-state index is 1.11. The number of thioether (sulfide) groups is 2. The lowest BCUT2D eigenvalue weighted by Gasteiger charge is -2.04. The average molecular weight is 507 g/mol. The summed E-state index contributed by atoms with van der Waals surface area (Å²) in [5, 5.41) is 0. The summed E-state index contributed by atoms with van der Waals surface area (Å²) in [6.45, 7) is 4.59. The van der Waals surface area contributed by atoms with Gasteiger partial charge < -0.3 is 0 Å². The first kappa shape index (κ1) is 29.0. The van der Waals surface area contributed by atoms with E-state index in [1.54, 1.807) is 0 Å². The first-order chi connectivity index (χ1) is 14.8. The summed E-state index contributed by atoms with van der Waals surface area (Å²) in [6, 6.07) is 0. The number of rotatable bonds is 22. The monoisotopic (exact) mass is 506 g/mol. The average Bonchev–Trinajstić information content (AvgIpc) is 3.10. The first-order valence-electron chi connectivity index (χ1n) is 12.7. The van der Waals surface area contributed by atoms with Gasteiger partial charge >= 0.3 is 0 Å². The van der Waals surface area contributed by atoms with E-state index in [0.717, 1.165) is 3.14 Å². The highest BCUT2D eigenvalue weighted by atomic mass is 32.2. The molecule has 0 saturated heterocycles. The molecule has 30 heavy (non-hydrogen) atoms. The molecule has 0 N–H and O–H groups in total. The van der Waals surface area contributed by atoms with E-state index in [0.29, 0.717) is 0 Å². The van der Waals surface area contributed by atoms with Crippen molar-refractivity contribution in [3.63, 3.8) is 0 Å². The molecule has 1 rings (SSSR count). The van der Waals surface area contributed by atoms with E-state index in [2.05, 4.69) is 37.4 Å². The van der Waals surface area contributed by atoms with E-state index in [4.69, 9.17) is 12.2 Å². The molecule has 1 aromatic rings. The van der Waals surface area contributed by atoms with Crippen molar-refractivity contribution in [1.29, 1.82) is 0 Å². The number of hydrogen-bond acceptors (Lipinski definition) is 5. The summed E-state index contributed by atoms with van der Waals surface area (Å²) < 4.78 is 4.12. The molecule has 0 spiro atoms. The minimum Gasteiger partial charge on any atom is -0.113 e. The Morgan fingerprint density at radius 2 is 0.800 bits per heavy atom. The molecule has 0 radical (unpaired) electrons. The molecular formula is C25H46S5. The van der Waals surface area contributed by atoms with Gasteiger partial charge in [-0.3, -0.25) is 0 Å². The molecule has 0 bridgehead atoms. The fraction of sp³-hybridized carbons (Fsp3) is 0.880. The smallest absolute Gasteiger partial charge is 0.113 e. The van der Waals surface area contributed by atoms with Crippen LogP contribution in [0.3, 0.4) is 0 Å². The normalized spacial score (nSPS) is 11.4. The SMILES string of the molecule is CCCCCCCCCCCSc1sc(=S)sc1SCCCCCCCCCCC.